The summed E-state index contributed by atoms with van der Waals surface area (Å²) in [7, 11) is 2.03. The number of halogens is 1. The van der Waals surface area contributed by atoms with Crippen molar-refractivity contribution in [3.8, 4) is 5.69 Å². The Bertz CT molecular complexity index is 1060. The number of hydrogen-bond donors (Lipinski definition) is 0. The van der Waals surface area contributed by atoms with Crippen molar-refractivity contribution in [2.45, 2.75) is 5.88 Å². The summed E-state index contributed by atoms with van der Waals surface area (Å²) in [6, 6.07) is 16.2. The number of likely N-dealkylation sites (N-methyl/N-ethyl adjacent to an activating group) is 1. The number of amides is 1. The lowest BCUT2D eigenvalue weighted by Gasteiger charge is -2.31. The minimum atomic E-state index is -0.222. The molecule has 0 spiro atoms. The molecule has 7 nitrogen and oxygen atoms in total. The van der Waals surface area contributed by atoms with Gasteiger partial charge in [-0.15, -0.1) is 16.7 Å². The third kappa shape index (κ3) is 3.99. The summed E-state index contributed by atoms with van der Waals surface area (Å²) in [6.07, 6.45) is 0. The van der Waals surface area contributed by atoms with Crippen LogP contribution < -0.4 is 0 Å². The maximum Gasteiger partial charge on any atom is 0.293 e. The van der Waals surface area contributed by atoms with Crippen LogP contribution in [0.2, 0.25) is 0 Å². The second kappa shape index (κ2) is 8.77. The Morgan fingerprint density at radius 3 is 2.33 bits per heavy atom. The molecule has 4 rings (SSSR count). The highest BCUT2D eigenvalue weighted by Gasteiger charge is 2.26. The van der Waals surface area contributed by atoms with E-state index in [-0.39, 0.29) is 23.4 Å². The van der Waals surface area contributed by atoms with Crippen molar-refractivity contribution in [1.82, 2.24) is 24.6 Å². The third-order valence-electron chi connectivity index (χ3n) is 5.19. The standard InChI is InChI=1S/C22H22ClN5O2/c1-26-11-13-27(14-12-26)22(30)21-24-19(15-23)28(25-21)18-10-6-5-9-17(18)20(29)16-7-3-2-4-8-16/h2-10H,11-15H2,1H3. The third-order valence-corrected chi connectivity index (χ3v) is 5.43. The number of benzene rings is 2. The van der Waals surface area contributed by atoms with Crippen LogP contribution in [0.5, 0.6) is 0 Å². The van der Waals surface area contributed by atoms with E-state index in [0.717, 1.165) is 13.1 Å². The zero-order chi connectivity index (χ0) is 21.1. The number of aromatic nitrogens is 3. The van der Waals surface area contributed by atoms with Crippen LogP contribution in [0.3, 0.4) is 0 Å². The summed E-state index contributed by atoms with van der Waals surface area (Å²) in [5.74, 6) is 0.227. The number of alkyl halides is 1. The first-order valence-corrected chi connectivity index (χ1v) is 10.3. The van der Waals surface area contributed by atoms with Gasteiger partial charge in [0.25, 0.3) is 5.91 Å². The molecule has 3 aromatic rings. The smallest absolute Gasteiger partial charge is 0.293 e. The van der Waals surface area contributed by atoms with Crippen LogP contribution in [0.1, 0.15) is 32.4 Å². The average molecular weight is 424 g/mol. The largest absolute Gasteiger partial charge is 0.333 e. The summed E-state index contributed by atoms with van der Waals surface area (Å²) >= 11 is 6.11. The van der Waals surface area contributed by atoms with Crippen LogP contribution >= 0.6 is 11.6 Å². The van der Waals surface area contributed by atoms with Crippen LogP contribution in [-0.2, 0) is 5.88 Å². The van der Waals surface area contributed by atoms with E-state index in [1.54, 1.807) is 35.2 Å². The highest BCUT2D eigenvalue weighted by atomic mass is 35.5. The number of piperazine rings is 1. The van der Waals surface area contributed by atoms with Crippen LogP contribution in [0.15, 0.2) is 54.6 Å². The molecular weight excluding hydrogens is 402 g/mol. The van der Waals surface area contributed by atoms with E-state index in [0.29, 0.717) is 35.7 Å². The Labute approximate surface area is 179 Å². The van der Waals surface area contributed by atoms with E-state index >= 15 is 0 Å². The molecule has 0 unspecified atom stereocenters. The van der Waals surface area contributed by atoms with Crippen LogP contribution in [0, 0.1) is 0 Å². The normalized spacial score (nSPS) is 14.7. The lowest BCUT2D eigenvalue weighted by atomic mass is 10.0. The van der Waals surface area contributed by atoms with Gasteiger partial charge in [0.15, 0.2) is 5.78 Å². The Morgan fingerprint density at radius 1 is 0.967 bits per heavy atom. The highest BCUT2D eigenvalue weighted by Crippen LogP contribution is 2.21. The van der Waals surface area contributed by atoms with Gasteiger partial charge in [0.1, 0.15) is 5.82 Å². The number of hydrogen-bond acceptors (Lipinski definition) is 5. The molecule has 1 fully saturated rings. The lowest BCUT2D eigenvalue weighted by Crippen LogP contribution is -2.47. The number of ketones is 1. The van der Waals surface area contributed by atoms with Gasteiger partial charge < -0.3 is 9.80 Å². The second-order valence-corrected chi connectivity index (χ2v) is 7.47. The molecule has 1 amide bonds. The summed E-state index contributed by atoms with van der Waals surface area (Å²) < 4.78 is 1.51. The number of nitrogens with zero attached hydrogens (tertiary/aromatic N) is 5. The zero-order valence-corrected chi connectivity index (χ0v) is 17.4. The maximum atomic E-state index is 13.1. The van der Waals surface area contributed by atoms with Gasteiger partial charge in [-0.05, 0) is 19.2 Å². The molecule has 2 heterocycles. The Morgan fingerprint density at radius 2 is 1.63 bits per heavy atom. The van der Waals surface area contributed by atoms with Crippen LogP contribution in [0.25, 0.3) is 5.69 Å². The first kappa shape index (κ1) is 20.3. The SMILES string of the molecule is CN1CCN(C(=O)c2nc(CCl)n(-c3ccccc3C(=O)c3ccccc3)n2)CC1. The number of carbonyl (C=O) groups is 2. The predicted molar refractivity (Wildman–Crippen MR) is 114 cm³/mol. The quantitative estimate of drug-likeness (QED) is 0.466. The Balaban J connectivity index is 1.70. The molecule has 0 aliphatic carbocycles. The minimum Gasteiger partial charge on any atom is -0.333 e. The fraction of sp³-hybridized carbons (Fsp3) is 0.273. The summed E-state index contributed by atoms with van der Waals surface area (Å²) in [6.45, 7) is 2.87. The van der Waals surface area contributed by atoms with E-state index in [4.69, 9.17) is 11.6 Å². The molecule has 1 aromatic heterocycles. The average Bonchev–Trinajstić information content (AvgIpc) is 3.23. The topological polar surface area (TPSA) is 71.3 Å². The van der Waals surface area contributed by atoms with Gasteiger partial charge >= 0.3 is 0 Å². The van der Waals surface area contributed by atoms with Gasteiger partial charge in [-0.2, -0.15) is 0 Å². The maximum absolute atomic E-state index is 13.1. The Hall–Kier alpha value is -3.03. The van der Waals surface area contributed by atoms with E-state index in [9.17, 15) is 9.59 Å². The summed E-state index contributed by atoms with van der Waals surface area (Å²) in [4.78, 5) is 34.3. The van der Waals surface area contributed by atoms with Crippen molar-refractivity contribution < 1.29 is 9.59 Å². The molecule has 8 heteroatoms. The van der Waals surface area contributed by atoms with Crippen LogP contribution in [-0.4, -0.2) is 69.5 Å². The predicted octanol–water partition coefficient (Wildman–Crippen LogP) is 2.62. The first-order valence-electron chi connectivity index (χ1n) is 9.77. The minimum absolute atomic E-state index is 0.0663. The van der Waals surface area contributed by atoms with Crippen molar-refractivity contribution in [3.05, 3.63) is 77.4 Å². The van der Waals surface area contributed by atoms with Gasteiger partial charge in [0.05, 0.1) is 11.6 Å². The van der Waals surface area contributed by atoms with Gasteiger partial charge in [0.2, 0.25) is 5.82 Å². The van der Waals surface area contributed by atoms with Crippen molar-refractivity contribution in [2.24, 2.45) is 0 Å². The van der Waals surface area contributed by atoms with Crippen molar-refractivity contribution in [2.75, 3.05) is 33.2 Å². The number of rotatable bonds is 5. The van der Waals surface area contributed by atoms with E-state index in [2.05, 4.69) is 15.0 Å². The molecule has 0 saturated carbocycles. The molecule has 0 radical (unpaired) electrons. The molecular formula is C22H22ClN5O2. The molecule has 154 valence electrons. The van der Waals surface area contributed by atoms with E-state index in [1.165, 1.54) is 4.68 Å². The Kier molecular flexibility index (Phi) is 5.92. The molecule has 0 N–H and O–H groups in total. The van der Waals surface area contributed by atoms with Gasteiger partial charge in [0, 0.05) is 37.3 Å². The first-order chi connectivity index (χ1) is 14.6. The van der Waals surface area contributed by atoms with E-state index in [1.807, 2.05) is 31.3 Å². The van der Waals surface area contributed by atoms with Gasteiger partial charge in [-0.3, -0.25) is 9.59 Å². The highest BCUT2D eigenvalue weighted by molar-refractivity contribution is 6.17. The zero-order valence-electron chi connectivity index (χ0n) is 16.7. The molecule has 0 atom stereocenters. The van der Waals surface area contributed by atoms with Crippen molar-refractivity contribution in [1.29, 1.82) is 0 Å². The molecule has 1 aliphatic heterocycles. The molecule has 30 heavy (non-hydrogen) atoms. The van der Waals surface area contributed by atoms with Crippen molar-refractivity contribution in [3.63, 3.8) is 0 Å². The fourth-order valence-electron chi connectivity index (χ4n) is 3.46. The summed E-state index contributed by atoms with van der Waals surface area (Å²) in [5, 5.41) is 4.45. The number of carbonyl (C=O) groups excluding carboxylic acids is 2. The lowest BCUT2D eigenvalue weighted by molar-refractivity contribution is 0.0652. The molecule has 0 bridgehead atoms. The van der Waals surface area contributed by atoms with E-state index < -0.39 is 0 Å². The summed E-state index contributed by atoms with van der Waals surface area (Å²) in [5.41, 5.74) is 1.59. The fourth-order valence-corrected chi connectivity index (χ4v) is 3.63. The second-order valence-electron chi connectivity index (χ2n) is 7.20. The molecule has 1 saturated heterocycles. The number of para-hydroxylation sites is 1. The molecule has 2 aromatic carbocycles. The monoisotopic (exact) mass is 423 g/mol. The molecule has 1 aliphatic rings. The van der Waals surface area contributed by atoms with Crippen LogP contribution in [0.4, 0.5) is 0 Å². The van der Waals surface area contributed by atoms with Gasteiger partial charge in [-0.25, -0.2) is 9.67 Å². The van der Waals surface area contributed by atoms with Crippen molar-refractivity contribution >= 4 is 23.3 Å². The van der Waals surface area contributed by atoms with Gasteiger partial charge in [-0.1, -0.05) is 42.5 Å².